The quantitative estimate of drug-likeness (QED) is 0.598. The Morgan fingerprint density at radius 3 is 2.36 bits per heavy atom. The van der Waals surface area contributed by atoms with Gasteiger partial charge in [0.1, 0.15) is 0 Å². The first-order valence-corrected chi connectivity index (χ1v) is 12.6. The number of carbonyl (C=O) groups is 1. The van der Waals surface area contributed by atoms with Crippen LogP contribution in [0.4, 0.5) is 13.2 Å². The molecule has 0 bridgehead atoms. The number of rotatable bonds is 6. The van der Waals surface area contributed by atoms with Gasteiger partial charge in [0.05, 0.1) is 10.5 Å². The van der Waals surface area contributed by atoms with Gasteiger partial charge in [-0.3, -0.25) is 4.79 Å². The van der Waals surface area contributed by atoms with E-state index in [-0.39, 0.29) is 23.3 Å². The van der Waals surface area contributed by atoms with Crippen LogP contribution in [-0.4, -0.2) is 36.6 Å². The molecule has 33 heavy (non-hydrogen) atoms. The van der Waals surface area contributed by atoms with E-state index in [0.29, 0.717) is 25.1 Å². The zero-order valence-electron chi connectivity index (χ0n) is 18.6. The number of nitrogens with zero attached hydrogens (tertiary/aromatic N) is 2. The second kappa shape index (κ2) is 8.76. The Morgan fingerprint density at radius 2 is 1.79 bits per heavy atom. The lowest BCUT2D eigenvalue weighted by Crippen LogP contribution is -2.37. The Bertz CT molecular complexity index is 1140. The predicted octanol–water partition coefficient (Wildman–Crippen LogP) is 4.77. The summed E-state index contributed by atoms with van der Waals surface area (Å²) < 4.78 is 66.8. The van der Waals surface area contributed by atoms with E-state index in [4.69, 9.17) is 0 Å². The molecule has 1 fully saturated rings. The SMILES string of the molecule is CCN(C(C)c1ccc(C(F)(F)F)cc1)S(=O)(=O)c1ccc2c(c1)CCN(C(=O)C1CC1)C2. The summed E-state index contributed by atoms with van der Waals surface area (Å²) in [5, 5.41) is 0. The fraction of sp³-hybridized carbons (Fsp3) is 0.458. The third-order valence-electron chi connectivity index (χ3n) is 6.50. The van der Waals surface area contributed by atoms with Crippen molar-refractivity contribution in [1.82, 2.24) is 9.21 Å². The summed E-state index contributed by atoms with van der Waals surface area (Å²) in [6.07, 6.45) is -1.95. The van der Waals surface area contributed by atoms with Crippen molar-refractivity contribution in [3.05, 3.63) is 64.7 Å². The van der Waals surface area contributed by atoms with Crippen molar-refractivity contribution >= 4 is 15.9 Å². The number of amides is 1. The Labute approximate surface area is 192 Å². The number of alkyl halides is 3. The number of benzene rings is 2. The first-order chi connectivity index (χ1) is 15.5. The van der Waals surface area contributed by atoms with Crippen LogP contribution >= 0.6 is 0 Å². The van der Waals surface area contributed by atoms with Gasteiger partial charge in [0.2, 0.25) is 15.9 Å². The van der Waals surface area contributed by atoms with E-state index < -0.39 is 27.8 Å². The Balaban J connectivity index is 1.55. The van der Waals surface area contributed by atoms with Gasteiger partial charge in [0.25, 0.3) is 0 Å². The molecule has 1 heterocycles. The molecular weight excluding hydrogens is 453 g/mol. The average Bonchev–Trinajstić information content (AvgIpc) is 3.63. The maximum absolute atomic E-state index is 13.4. The van der Waals surface area contributed by atoms with Crippen LogP contribution in [0.2, 0.25) is 0 Å². The highest BCUT2D eigenvalue weighted by Gasteiger charge is 2.35. The zero-order chi connectivity index (χ0) is 24.0. The summed E-state index contributed by atoms with van der Waals surface area (Å²) >= 11 is 0. The highest BCUT2D eigenvalue weighted by molar-refractivity contribution is 7.89. The molecule has 2 aromatic rings. The topological polar surface area (TPSA) is 57.7 Å². The van der Waals surface area contributed by atoms with Crippen LogP contribution in [0, 0.1) is 5.92 Å². The highest BCUT2D eigenvalue weighted by Crippen LogP contribution is 2.35. The van der Waals surface area contributed by atoms with Crippen LogP contribution < -0.4 is 0 Å². The van der Waals surface area contributed by atoms with E-state index >= 15 is 0 Å². The molecule has 1 amide bonds. The standard InChI is InChI=1S/C24H27F3N2O3S/c1-3-29(16(2)17-6-9-21(10-7-17)24(25,26)27)33(31,32)22-11-8-20-15-28(13-12-19(20)14-22)23(30)18-4-5-18/h6-11,14,16,18H,3-5,12-13,15H2,1-2H3. The first kappa shape index (κ1) is 23.8. The van der Waals surface area contributed by atoms with E-state index in [2.05, 4.69) is 0 Å². The molecule has 1 aliphatic carbocycles. The van der Waals surface area contributed by atoms with Crippen molar-refractivity contribution in [3.63, 3.8) is 0 Å². The molecule has 0 aromatic heterocycles. The lowest BCUT2D eigenvalue weighted by atomic mass is 9.99. The second-order valence-electron chi connectivity index (χ2n) is 8.72. The minimum Gasteiger partial charge on any atom is -0.338 e. The van der Waals surface area contributed by atoms with E-state index in [1.165, 1.54) is 16.4 Å². The molecule has 0 saturated heterocycles. The lowest BCUT2D eigenvalue weighted by Gasteiger charge is -2.31. The first-order valence-electron chi connectivity index (χ1n) is 11.1. The molecule has 0 spiro atoms. The normalized spacial score (nSPS) is 17.7. The fourth-order valence-electron chi connectivity index (χ4n) is 4.37. The van der Waals surface area contributed by atoms with Gasteiger partial charge in [-0.15, -0.1) is 0 Å². The molecule has 4 rings (SSSR count). The summed E-state index contributed by atoms with van der Waals surface area (Å²) in [5.74, 6) is 0.330. The molecule has 1 unspecified atom stereocenters. The van der Waals surface area contributed by atoms with Crippen LogP contribution in [0.1, 0.15) is 55.0 Å². The summed E-state index contributed by atoms with van der Waals surface area (Å²) in [7, 11) is -3.87. The van der Waals surface area contributed by atoms with Crippen molar-refractivity contribution < 1.29 is 26.4 Å². The third-order valence-corrected chi connectivity index (χ3v) is 8.54. The van der Waals surface area contributed by atoms with Gasteiger partial charge in [-0.25, -0.2) is 8.42 Å². The van der Waals surface area contributed by atoms with Gasteiger partial charge in [0.15, 0.2) is 0 Å². The lowest BCUT2D eigenvalue weighted by molar-refractivity contribution is -0.137. The number of hydrogen-bond donors (Lipinski definition) is 0. The van der Waals surface area contributed by atoms with Gasteiger partial charge >= 0.3 is 6.18 Å². The third kappa shape index (κ3) is 4.80. The minimum atomic E-state index is -4.44. The van der Waals surface area contributed by atoms with Gasteiger partial charge < -0.3 is 4.90 Å². The van der Waals surface area contributed by atoms with Crippen molar-refractivity contribution in [2.24, 2.45) is 5.92 Å². The highest BCUT2D eigenvalue weighted by atomic mass is 32.2. The van der Waals surface area contributed by atoms with E-state index in [0.717, 1.165) is 36.1 Å². The molecule has 1 saturated carbocycles. The average molecular weight is 481 g/mol. The predicted molar refractivity (Wildman–Crippen MR) is 118 cm³/mol. The van der Waals surface area contributed by atoms with Gasteiger partial charge in [-0.1, -0.05) is 25.1 Å². The Hall–Kier alpha value is -2.39. The summed E-state index contributed by atoms with van der Waals surface area (Å²) in [4.78, 5) is 14.4. The van der Waals surface area contributed by atoms with Crippen molar-refractivity contribution in [2.75, 3.05) is 13.1 Å². The second-order valence-corrected chi connectivity index (χ2v) is 10.6. The number of halogens is 3. The number of hydrogen-bond acceptors (Lipinski definition) is 3. The fourth-order valence-corrected chi connectivity index (χ4v) is 6.05. The van der Waals surface area contributed by atoms with Crippen molar-refractivity contribution in [2.45, 2.75) is 56.8 Å². The van der Waals surface area contributed by atoms with Crippen molar-refractivity contribution in [3.8, 4) is 0 Å². The molecule has 2 aromatic carbocycles. The molecule has 0 radical (unpaired) electrons. The molecule has 5 nitrogen and oxygen atoms in total. The van der Waals surface area contributed by atoms with Crippen LogP contribution in [-0.2, 0) is 34.0 Å². The molecule has 1 aliphatic heterocycles. The van der Waals surface area contributed by atoms with Crippen LogP contribution in [0.25, 0.3) is 0 Å². The number of fused-ring (bicyclic) bond motifs is 1. The molecular formula is C24H27F3N2O3S. The summed E-state index contributed by atoms with van der Waals surface area (Å²) in [6, 6.07) is 8.96. The summed E-state index contributed by atoms with van der Waals surface area (Å²) in [6.45, 7) is 4.61. The zero-order valence-corrected chi connectivity index (χ0v) is 19.4. The largest absolute Gasteiger partial charge is 0.416 e. The van der Waals surface area contributed by atoms with E-state index in [1.807, 2.05) is 4.90 Å². The molecule has 1 atom stereocenters. The molecule has 0 N–H and O–H groups in total. The van der Waals surface area contributed by atoms with Gasteiger partial charge in [-0.2, -0.15) is 17.5 Å². The Morgan fingerprint density at radius 1 is 1.12 bits per heavy atom. The molecule has 178 valence electrons. The minimum absolute atomic E-state index is 0.149. The number of sulfonamides is 1. The monoisotopic (exact) mass is 480 g/mol. The maximum Gasteiger partial charge on any atom is 0.416 e. The van der Waals surface area contributed by atoms with E-state index in [9.17, 15) is 26.4 Å². The smallest absolute Gasteiger partial charge is 0.338 e. The Kier molecular flexibility index (Phi) is 6.30. The van der Waals surface area contributed by atoms with E-state index in [1.54, 1.807) is 32.0 Å². The number of carbonyl (C=O) groups excluding carboxylic acids is 1. The van der Waals surface area contributed by atoms with Crippen LogP contribution in [0.5, 0.6) is 0 Å². The van der Waals surface area contributed by atoms with Gasteiger partial charge in [-0.05, 0) is 67.1 Å². The summed E-state index contributed by atoms with van der Waals surface area (Å²) in [5.41, 5.74) is 1.58. The molecule has 2 aliphatic rings. The molecule has 9 heteroatoms. The van der Waals surface area contributed by atoms with Crippen LogP contribution in [0.3, 0.4) is 0 Å². The van der Waals surface area contributed by atoms with Gasteiger partial charge in [0, 0.05) is 31.6 Å². The van der Waals surface area contributed by atoms with Crippen LogP contribution in [0.15, 0.2) is 47.4 Å². The van der Waals surface area contributed by atoms with Crippen molar-refractivity contribution in [1.29, 1.82) is 0 Å². The maximum atomic E-state index is 13.4.